The highest BCUT2D eigenvalue weighted by atomic mass is 16.5. The summed E-state index contributed by atoms with van der Waals surface area (Å²) in [6.07, 6.45) is 5.09. The lowest BCUT2D eigenvalue weighted by Crippen LogP contribution is -2.49. The summed E-state index contributed by atoms with van der Waals surface area (Å²) in [6, 6.07) is 11.4. The van der Waals surface area contributed by atoms with Crippen molar-refractivity contribution in [3.05, 3.63) is 59.2 Å². The second-order valence-electron chi connectivity index (χ2n) is 11.5. The number of urea groups is 1. The molecule has 0 radical (unpaired) electrons. The van der Waals surface area contributed by atoms with Crippen LogP contribution in [0.2, 0.25) is 0 Å². The minimum Gasteiger partial charge on any atom is -0.488 e. The lowest BCUT2D eigenvalue weighted by Gasteiger charge is -2.38. The van der Waals surface area contributed by atoms with E-state index in [0.717, 1.165) is 31.2 Å². The van der Waals surface area contributed by atoms with Gasteiger partial charge in [0.2, 0.25) is 0 Å². The average molecular weight is 567 g/mol. The number of carboxylic acid groups (broad SMARTS) is 1. The number of nitrogens with one attached hydrogen (secondary N) is 2. The Morgan fingerprint density at radius 1 is 1.12 bits per heavy atom. The molecule has 4 rings (SSSR count). The number of hydrogen-bond donors (Lipinski definition) is 4. The Kier molecular flexibility index (Phi) is 10.2. The lowest BCUT2D eigenvalue weighted by molar-refractivity contribution is 0.0341. The number of carboxylic acids is 1. The average Bonchev–Trinajstić information content (AvgIpc) is 2.95. The zero-order valence-corrected chi connectivity index (χ0v) is 24.1. The molecule has 1 aliphatic heterocycles. The summed E-state index contributed by atoms with van der Waals surface area (Å²) in [7, 11) is 1.97. The first-order valence-electron chi connectivity index (χ1n) is 14.5. The summed E-state index contributed by atoms with van der Waals surface area (Å²) in [5.74, 6) is -0.828. The number of likely N-dealkylation sites (N-methyl/N-ethyl adjacent to an activating group) is 1. The standard InChI is InChI=1S/C31H42N4O6/c1-20-16-35(21(2)19-36)29(37)26-15-25(33-31(40)32-24-7-5-4-6-8-24)13-14-27(26)41-28(20)18-34(3)17-22-9-11-23(12-10-22)30(38)39/h9-15,20-21,24,28,36H,4-8,16-19H2,1-3H3,(H,38,39)(H2,32,33,40)/t20-,21+,28-/m0/s1. The van der Waals surface area contributed by atoms with Gasteiger partial charge in [-0.2, -0.15) is 0 Å². The zero-order valence-electron chi connectivity index (χ0n) is 24.1. The minimum atomic E-state index is -0.959. The van der Waals surface area contributed by atoms with Gasteiger partial charge in [0.05, 0.1) is 23.8 Å². The van der Waals surface area contributed by atoms with Gasteiger partial charge in [0.15, 0.2) is 0 Å². The van der Waals surface area contributed by atoms with Crippen molar-refractivity contribution in [1.82, 2.24) is 15.1 Å². The van der Waals surface area contributed by atoms with Crippen molar-refractivity contribution < 1.29 is 29.3 Å². The highest BCUT2D eigenvalue weighted by Gasteiger charge is 2.33. The van der Waals surface area contributed by atoms with E-state index in [-0.39, 0.29) is 42.2 Å². The van der Waals surface area contributed by atoms with Crippen molar-refractivity contribution in [2.24, 2.45) is 5.92 Å². The highest BCUT2D eigenvalue weighted by molar-refractivity contribution is 5.99. The van der Waals surface area contributed by atoms with E-state index in [1.54, 1.807) is 47.4 Å². The molecule has 1 heterocycles. The van der Waals surface area contributed by atoms with Crippen molar-refractivity contribution in [2.45, 2.75) is 70.7 Å². The molecule has 1 aliphatic carbocycles. The number of benzene rings is 2. The summed E-state index contributed by atoms with van der Waals surface area (Å²) in [4.78, 5) is 41.3. The van der Waals surface area contributed by atoms with Crippen molar-refractivity contribution >= 4 is 23.6 Å². The monoisotopic (exact) mass is 566 g/mol. The number of rotatable bonds is 9. The number of aliphatic hydroxyl groups excluding tert-OH is 1. The number of ether oxygens (including phenoxy) is 1. The van der Waals surface area contributed by atoms with E-state index in [1.807, 2.05) is 20.9 Å². The Bertz CT molecular complexity index is 1210. The predicted octanol–water partition coefficient (Wildman–Crippen LogP) is 4.19. The smallest absolute Gasteiger partial charge is 0.335 e. The number of aromatic carboxylic acids is 1. The molecule has 0 bridgehead atoms. The summed E-state index contributed by atoms with van der Waals surface area (Å²) in [6.45, 7) is 5.21. The molecule has 10 nitrogen and oxygen atoms in total. The number of fused-ring (bicyclic) bond motifs is 1. The molecular formula is C31H42N4O6. The molecule has 2 aliphatic rings. The van der Waals surface area contributed by atoms with Crippen LogP contribution in [0.1, 0.15) is 72.2 Å². The first-order valence-corrected chi connectivity index (χ1v) is 14.5. The topological polar surface area (TPSA) is 131 Å². The van der Waals surface area contributed by atoms with Crippen LogP contribution in [0.15, 0.2) is 42.5 Å². The molecular weight excluding hydrogens is 524 g/mol. The van der Waals surface area contributed by atoms with Gasteiger partial charge in [0.1, 0.15) is 11.9 Å². The molecule has 3 atom stereocenters. The van der Waals surface area contributed by atoms with Crippen LogP contribution in [0.5, 0.6) is 5.75 Å². The summed E-state index contributed by atoms with van der Waals surface area (Å²) in [5, 5.41) is 25.0. The molecule has 0 aromatic heterocycles. The Hall–Kier alpha value is -3.63. The molecule has 222 valence electrons. The molecule has 2 aromatic rings. The second kappa shape index (κ2) is 13.8. The van der Waals surface area contributed by atoms with E-state index in [2.05, 4.69) is 15.5 Å². The van der Waals surface area contributed by atoms with E-state index < -0.39 is 12.0 Å². The Morgan fingerprint density at radius 3 is 2.49 bits per heavy atom. The third kappa shape index (κ3) is 7.98. The molecule has 0 saturated heterocycles. The fraction of sp³-hybridized carbons (Fsp3) is 0.516. The molecule has 41 heavy (non-hydrogen) atoms. The zero-order chi connectivity index (χ0) is 29.5. The third-order valence-corrected chi connectivity index (χ3v) is 8.01. The largest absolute Gasteiger partial charge is 0.488 e. The van der Waals surface area contributed by atoms with Gasteiger partial charge in [-0.15, -0.1) is 0 Å². The Balaban J connectivity index is 1.51. The number of amides is 3. The van der Waals surface area contributed by atoms with Gasteiger partial charge in [-0.05, 0) is 62.7 Å². The van der Waals surface area contributed by atoms with Crippen molar-refractivity contribution in [2.75, 3.05) is 32.1 Å². The molecule has 2 aromatic carbocycles. The fourth-order valence-electron chi connectivity index (χ4n) is 5.55. The second-order valence-corrected chi connectivity index (χ2v) is 11.5. The van der Waals surface area contributed by atoms with Gasteiger partial charge >= 0.3 is 12.0 Å². The quantitative estimate of drug-likeness (QED) is 0.358. The highest BCUT2D eigenvalue weighted by Crippen LogP contribution is 2.31. The van der Waals surface area contributed by atoms with Crippen LogP contribution in [0.4, 0.5) is 10.5 Å². The normalized spacial score (nSPS) is 20.4. The molecule has 10 heteroatoms. The van der Waals surface area contributed by atoms with Gasteiger partial charge in [0, 0.05) is 37.3 Å². The van der Waals surface area contributed by atoms with E-state index in [1.165, 1.54) is 6.42 Å². The predicted molar refractivity (Wildman–Crippen MR) is 156 cm³/mol. The summed E-state index contributed by atoms with van der Waals surface area (Å²) < 4.78 is 6.46. The number of aliphatic hydroxyl groups is 1. The van der Waals surface area contributed by atoms with Crippen LogP contribution in [-0.2, 0) is 6.54 Å². The van der Waals surface area contributed by atoms with E-state index in [9.17, 15) is 19.5 Å². The van der Waals surface area contributed by atoms with E-state index in [4.69, 9.17) is 9.84 Å². The maximum absolute atomic E-state index is 13.7. The third-order valence-electron chi connectivity index (χ3n) is 8.01. The van der Waals surface area contributed by atoms with Gasteiger partial charge in [-0.1, -0.05) is 38.3 Å². The van der Waals surface area contributed by atoms with E-state index >= 15 is 0 Å². The first-order chi connectivity index (χ1) is 19.6. The van der Waals surface area contributed by atoms with Crippen LogP contribution < -0.4 is 15.4 Å². The molecule has 3 amide bonds. The lowest BCUT2D eigenvalue weighted by atomic mass is 9.96. The maximum atomic E-state index is 13.7. The van der Waals surface area contributed by atoms with Crippen molar-refractivity contribution in [1.29, 1.82) is 0 Å². The number of nitrogens with zero attached hydrogens (tertiary/aromatic N) is 2. The Labute approximate surface area is 241 Å². The van der Waals surface area contributed by atoms with Gasteiger partial charge in [0.25, 0.3) is 5.91 Å². The van der Waals surface area contributed by atoms with Crippen molar-refractivity contribution in [3.8, 4) is 5.75 Å². The minimum absolute atomic E-state index is 0.0444. The number of carbonyl (C=O) groups is 3. The van der Waals surface area contributed by atoms with Gasteiger partial charge in [-0.25, -0.2) is 9.59 Å². The number of hydrogen-bond acceptors (Lipinski definition) is 6. The van der Waals surface area contributed by atoms with Crippen molar-refractivity contribution in [3.63, 3.8) is 0 Å². The summed E-state index contributed by atoms with van der Waals surface area (Å²) >= 11 is 0. The van der Waals surface area contributed by atoms with Crippen LogP contribution in [0.3, 0.4) is 0 Å². The SMILES string of the molecule is C[C@H](CO)N1C[C@H](C)[C@H](CN(C)Cc2ccc(C(=O)O)cc2)Oc2ccc(NC(=O)NC3CCCCC3)cc2C1=O. The van der Waals surface area contributed by atoms with Gasteiger partial charge in [-0.3, -0.25) is 9.69 Å². The molecule has 0 unspecified atom stereocenters. The molecule has 0 spiro atoms. The van der Waals surface area contributed by atoms with Crippen LogP contribution in [0, 0.1) is 5.92 Å². The number of carbonyl (C=O) groups excluding carboxylic acids is 2. The first kappa shape index (κ1) is 30.3. The van der Waals surface area contributed by atoms with Crippen LogP contribution in [-0.4, -0.2) is 82.9 Å². The van der Waals surface area contributed by atoms with Crippen LogP contribution in [0.25, 0.3) is 0 Å². The van der Waals surface area contributed by atoms with Crippen LogP contribution >= 0.6 is 0 Å². The maximum Gasteiger partial charge on any atom is 0.335 e. The molecule has 1 saturated carbocycles. The van der Waals surface area contributed by atoms with E-state index in [0.29, 0.717) is 36.6 Å². The molecule has 4 N–H and O–H groups in total. The fourth-order valence-corrected chi connectivity index (χ4v) is 5.55. The Morgan fingerprint density at radius 2 is 1.83 bits per heavy atom. The summed E-state index contributed by atoms with van der Waals surface area (Å²) in [5.41, 5.74) is 2.06. The van der Waals surface area contributed by atoms with Gasteiger partial charge < -0.3 is 30.5 Å². The molecule has 1 fully saturated rings. The number of anilines is 1.